The molecule has 2 saturated carbocycles. The Kier molecular flexibility index (Phi) is 3.99. The average molecular weight is 280 g/mol. The summed E-state index contributed by atoms with van der Waals surface area (Å²) >= 11 is 5.84. The second kappa shape index (κ2) is 5.72. The van der Waals surface area contributed by atoms with Crippen LogP contribution in [-0.4, -0.2) is 12.6 Å². The van der Waals surface area contributed by atoms with Gasteiger partial charge >= 0.3 is 0 Å². The monoisotopic (exact) mass is 279 g/mol. The van der Waals surface area contributed by atoms with Crippen LogP contribution >= 0.6 is 11.6 Å². The Morgan fingerprint density at radius 1 is 1.21 bits per heavy atom. The largest absolute Gasteiger partial charge is 0.492 e. The summed E-state index contributed by atoms with van der Waals surface area (Å²) < 4.78 is 5.73. The van der Waals surface area contributed by atoms with E-state index in [0.29, 0.717) is 6.61 Å². The molecule has 104 valence electrons. The molecule has 0 amide bonds. The molecular formula is C16H22ClNO. The van der Waals surface area contributed by atoms with Crippen molar-refractivity contribution in [3.05, 3.63) is 29.3 Å². The van der Waals surface area contributed by atoms with Crippen molar-refractivity contribution >= 4 is 11.6 Å². The number of rotatable bonds is 5. The molecule has 1 aromatic carbocycles. The van der Waals surface area contributed by atoms with Crippen molar-refractivity contribution < 1.29 is 4.74 Å². The number of benzene rings is 1. The average Bonchev–Trinajstić information content (AvgIpc) is 3.00. The van der Waals surface area contributed by atoms with E-state index < -0.39 is 0 Å². The summed E-state index contributed by atoms with van der Waals surface area (Å²) in [4.78, 5) is 0. The van der Waals surface area contributed by atoms with Gasteiger partial charge in [0.2, 0.25) is 0 Å². The number of ether oxygens (including phenoxy) is 1. The summed E-state index contributed by atoms with van der Waals surface area (Å²) in [6.45, 7) is 0.607. The van der Waals surface area contributed by atoms with Crippen LogP contribution in [0.5, 0.6) is 5.75 Å². The molecule has 2 fully saturated rings. The summed E-state index contributed by atoms with van der Waals surface area (Å²) in [6.07, 6.45) is 6.86. The van der Waals surface area contributed by atoms with Gasteiger partial charge in [-0.3, -0.25) is 0 Å². The van der Waals surface area contributed by atoms with Gasteiger partial charge in [0.15, 0.2) is 0 Å². The van der Waals surface area contributed by atoms with Gasteiger partial charge in [0.05, 0.1) is 0 Å². The van der Waals surface area contributed by atoms with Crippen molar-refractivity contribution in [2.75, 3.05) is 6.61 Å². The third-order valence-electron chi connectivity index (χ3n) is 4.77. The van der Waals surface area contributed by atoms with E-state index in [-0.39, 0.29) is 6.04 Å². The maximum atomic E-state index is 6.21. The fourth-order valence-electron chi connectivity index (χ4n) is 3.86. The smallest absolute Gasteiger partial charge is 0.119 e. The predicted octanol–water partition coefficient (Wildman–Crippen LogP) is 3.87. The Morgan fingerprint density at radius 3 is 2.63 bits per heavy atom. The molecule has 2 N–H and O–H groups in total. The lowest BCUT2D eigenvalue weighted by Gasteiger charge is -2.24. The molecule has 3 rings (SSSR count). The molecular weight excluding hydrogens is 258 g/mol. The molecule has 2 bridgehead atoms. The molecule has 3 heteroatoms. The third kappa shape index (κ3) is 3.24. The summed E-state index contributed by atoms with van der Waals surface area (Å²) in [6, 6.07) is 7.63. The SMILES string of the molecule is NC(COc1ccc(Cl)cc1)CC1CC2CCC1C2. The molecule has 0 heterocycles. The van der Waals surface area contributed by atoms with Gasteiger partial charge < -0.3 is 10.5 Å². The quantitative estimate of drug-likeness (QED) is 0.888. The van der Waals surface area contributed by atoms with Gasteiger partial charge in [0.25, 0.3) is 0 Å². The molecule has 0 radical (unpaired) electrons. The zero-order valence-electron chi connectivity index (χ0n) is 11.2. The molecule has 1 aromatic rings. The normalized spacial score (nSPS) is 30.5. The third-order valence-corrected chi connectivity index (χ3v) is 5.02. The summed E-state index contributed by atoms with van der Waals surface area (Å²) in [7, 11) is 0. The molecule has 4 unspecified atom stereocenters. The van der Waals surface area contributed by atoms with Gasteiger partial charge in [-0.25, -0.2) is 0 Å². The second-order valence-corrected chi connectivity index (χ2v) is 6.63. The molecule has 19 heavy (non-hydrogen) atoms. The minimum Gasteiger partial charge on any atom is -0.492 e. The van der Waals surface area contributed by atoms with Crippen LogP contribution in [0, 0.1) is 17.8 Å². The molecule has 0 aliphatic heterocycles. The molecule has 0 aromatic heterocycles. The van der Waals surface area contributed by atoms with E-state index in [0.717, 1.165) is 34.9 Å². The van der Waals surface area contributed by atoms with E-state index >= 15 is 0 Å². The first-order chi connectivity index (χ1) is 9.20. The van der Waals surface area contributed by atoms with Crippen LogP contribution in [0.15, 0.2) is 24.3 Å². The van der Waals surface area contributed by atoms with E-state index in [1.807, 2.05) is 24.3 Å². The van der Waals surface area contributed by atoms with Crippen molar-refractivity contribution in [2.45, 2.75) is 38.1 Å². The first kappa shape index (κ1) is 13.3. The highest BCUT2D eigenvalue weighted by Gasteiger charge is 2.39. The minimum absolute atomic E-state index is 0.153. The van der Waals surface area contributed by atoms with Crippen LogP contribution in [0.1, 0.15) is 32.1 Å². The Labute approximate surface area is 120 Å². The van der Waals surface area contributed by atoms with Gasteiger partial charge in [0.1, 0.15) is 12.4 Å². The van der Waals surface area contributed by atoms with E-state index in [9.17, 15) is 0 Å². The molecule has 2 aliphatic carbocycles. The van der Waals surface area contributed by atoms with Gasteiger partial charge in [-0.1, -0.05) is 18.0 Å². The van der Waals surface area contributed by atoms with Crippen molar-refractivity contribution in [2.24, 2.45) is 23.5 Å². The zero-order valence-corrected chi connectivity index (χ0v) is 12.0. The summed E-state index contributed by atoms with van der Waals surface area (Å²) in [5.41, 5.74) is 6.21. The lowest BCUT2D eigenvalue weighted by atomic mass is 9.84. The van der Waals surface area contributed by atoms with Gasteiger partial charge in [0, 0.05) is 11.1 Å². The highest BCUT2D eigenvalue weighted by Crippen LogP contribution is 2.49. The van der Waals surface area contributed by atoms with E-state index in [4.69, 9.17) is 22.1 Å². The number of nitrogens with two attached hydrogens (primary N) is 1. The van der Waals surface area contributed by atoms with Crippen molar-refractivity contribution in [1.29, 1.82) is 0 Å². The van der Waals surface area contributed by atoms with Crippen LogP contribution < -0.4 is 10.5 Å². The molecule has 2 aliphatic rings. The van der Waals surface area contributed by atoms with Crippen LogP contribution in [-0.2, 0) is 0 Å². The van der Waals surface area contributed by atoms with Crippen LogP contribution in [0.2, 0.25) is 5.02 Å². The van der Waals surface area contributed by atoms with Crippen LogP contribution in [0.4, 0.5) is 0 Å². The Morgan fingerprint density at radius 2 is 2.00 bits per heavy atom. The van der Waals surface area contributed by atoms with Gasteiger partial charge in [-0.05, 0) is 67.7 Å². The number of hydrogen-bond acceptors (Lipinski definition) is 2. The van der Waals surface area contributed by atoms with E-state index in [2.05, 4.69) is 0 Å². The Bertz CT molecular complexity index is 419. The second-order valence-electron chi connectivity index (χ2n) is 6.20. The Balaban J connectivity index is 1.44. The van der Waals surface area contributed by atoms with Gasteiger partial charge in [-0.2, -0.15) is 0 Å². The lowest BCUT2D eigenvalue weighted by Crippen LogP contribution is -2.31. The van der Waals surface area contributed by atoms with Crippen LogP contribution in [0.3, 0.4) is 0 Å². The first-order valence-corrected chi connectivity index (χ1v) is 7.72. The predicted molar refractivity (Wildman–Crippen MR) is 78.5 cm³/mol. The Hall–Kier alpha value is -0.730. The van der Waals surface area contributed by atoms with Crippen molar-refractivity contribution in [3.8, 4) is 5.75 Å². The zero-order chi connectivity index (χ0) is 13.2. The fourth-order valence-corrected chi connectivity index (χ4v) is 3.98. The van der Waals surface area contributed by atoms with Crippen LogP contribution in [0.25, 0.3) is 0 Å². The summed E-state index contributed by atoms with van der Waals surface area (Å²) in [5, 5.41) is 0.735. The highest BCUT2D eigenvalue weighted by molar-refractivity contribution is 6.30. The summed E-state index contributed by atoms with van der Waals surface area (Å²) in [5.74, 6) is 3.65. The van der Waals surface area contributed by atoms with E-state index in [1.54, 1.807) is 0 Å². The maximum absolute atomic E-state index is 6.21. The number of halogens is 1. The van der Waals surface area contributed by atoms with Gasteiger partial charge in [-0.15, -0.1) is 0 Å². The topological polar surface area (TPSA) is 35.2 Å². The highest BCUT2D eigenvalue weighted by atomic mass is 35.5. The molecule has 0 spiro atoms. The molecule has 0 saturated heterocycles. The fraction of sp³-hybridized carbons (Fsp3) is 0.625. The number of fused-ring (bicyclic) bond motifs is 2. The lowest BCUT2D eigenvalue weighted by molar-refractivity contribution is 0.234. The minimum atomic E-state index is 0.153. The van der Waals surface area contributed by atoms with Crippen molar-refractivity contribution in [3.63, 3.8) is 0 Å². The van der Waals surface area contributed by atoms with E-state index in [1.165, 1.54) is 25.7 Å². The number of hydrogen-bond donors (Lipinski definition) is 1. The first-order valence-electron chi connectivity index (χ1n) is 7.34. The van der Waals surface area contributed by atoms with Crippen molar-refractivity contribution in [1.82, 2.24) is 0 Å². The standard InChI is InChI=1S/C16H22ClNO/c17-14-3-5-16(6-4-14)19-10-15(18)9-13-8-11-1-2-12(13)7-11/h3-6,11-13,15H,1-2,7-10,18H2. The molecule has 2 nitrogen and oxygen atoms in total. The maximum Gasteiger partial charge on any atom is 0.119 e. The molecule has 4 atom stereocenters.